The third kappa shape index (κ3) is 5.35. The number of aromatic nitrogens is 2. The molecular formula is C18H24N4O2S. The van der Waals surface area contributed by atoms with Crippen molar-refractivity contribution in [3.63, 3.8) is 0 Å². The van der Waals surface area contributed by atoms with Crippen LogP contribution in [0.3, 0.4) is 0 Å². The van der Waals surface area contributed by atoms with Gasteiger partial charge in [-0.25, -0.2) is 0 Å². The standard InChI is InChI=1S/C18H24N4O2S/c1-17(2,3)15-21-22-16(25-15)19-13(23)11-7-9-12(10-8-11)14(24)20-18(4,5)6/h7-10H,1-6H3,(H,20,24)(H,19,22,23). The number of hydrogen-bond donors (Lipinski definition) is 2. The number of nitrogens with zero attached hydrogens (tertiary/aromatic N) is 2. The second-order valence-corrected chi connectivity index (χ2v) is 8.88. The van der Waals surface area contributed by atoms with E-state index in [1.807, 2.05) is 41.5 Å². The average molecular weight is 360 g/mol. The number of benzene rings is 1. The molecule has 0 aliphatic heterocycles. The lowest BCUT2D eigenvalue weighted by atomic mass is 9.98. The fraction of sp³-hybridized carbons (Fsp3) is 0.444. The molecule has 0 atom stereocenters. The van der Waals surface area contributed by atoms with Crippen LogP contribution >= 0.6 is 11.3 Å². The van der Waals surface area contributed by atoms with E-state index in [1.54, 1.807) is 24.3 Å². The molecule has 0 aliphatic rings. The van der Waals surface area contributed by atoms with Crippen LogP contribution in [0.5, 0.6) is 0 Å². The maximum Gasteiger partial charge on any atom is 0.257 e. The van der Waals surface area contributed by atoms with Gasteiger partial charge in [0.2, 0.25) is 5.13 Å². The summed E-state index contributed by atoms with van der Waals surface area (Å²) in [5, 5.41) is 15.1. The predicted octanol–water partition coefficient (Wildman–Crippen LogP) is 3.62. The van der Waals surface area contributed by atoms with Crippen LogP contribution in [-0.4, -0.2) is 27.6 Å². The molecule has 1 heterocycles. The van der Waals surface area contributed by atoms with Crippen molar-refractivity contribution in [2.75, 3.05) is 5.32 Å². The zero-order chi connectivity index (χ0) is 18.8. The van der Waals surface area contributed by atoms with Crippen LogP contribution in [0.25, 0.3) is 0 Å². The van der Waals surface area contributed by atoms with Gasteiger partial charge in [0.1, 0.15) is 5.01 Å². The number of anilines is 1. The first kappa shape index (κ1) is 19.1. The summed E-state index contributed by atoms with van der Waals surface area (Å²) in [6.07, 6.45) is 0. The van der Waals surface area contributed by atoms with Crippen molar-refractivity contribution in [2.45, 2.75) is 52.5 Å². The molecule has 0 radical (unpaired) electrons. The predicted molar refractivity (Wildman–Crippen MR) is 100 cm³/mol. The summed E-state index contributed by atoms with van der Waals surface area (Å²) in [5.41, 5.74) is 0.551. The molecule has 134 valence electrons. The number of carbonyl (C=O) groups is 2. The molecule has 0 aliphatic carbocycles. The quantitative estimate of drug-likeness (QED) is 0.876. The fourth-order valence-electron chi connectivity index (χ4n) is 1.93. The Morgan fingerprint density at radius 2 is 1.40 bits per heavy atom. The Morgan fingerprint density at radius 1 is 0.880 bits per heavy atom. The van der Waals surface area contributed by atoms with Gasteiger partial charge >= 0.3 is 0 Å². The highest BCUT2D eigenvalue weighted by Gasteiger charge is 2.20. The second kappa shape index (κ2) is 6.92. The van der Waals surface area contributed by atoms with Gasteiger partial charge in [-0.2, -0.15) is 0 Å². The molecule has 2 rings (SSSR count). The van der Waals surface area contributed by atoms with Crippen molar-refractivity contribution in [3.8, 4) is 0 Å². The molecule has 0 saturated heterocycles. The molecule has 0 saturated carbocycles. The molecule has 2 N–H and O–H groups in total. The van der Waals surface area contributed by atoms with E-state index in [0.29, 0.717) is 16.3 Å². The van der Waals surface area contributed by atoms with Crippen LogP contribution in [0, 0.1) is 0 Å². The van der Waals surface area contributed by atoms with E-state index in [1.165, 1.54) is 11.3 Å². The van der Waals surface area contributed by atoms with Crippen molar-refractivity contribution >= 4 is 28.3 Å². The Bertz CT molecular complexity index is 768. The van der Waals surface area contributed by atoms with Crippen LogP contribution in [0.2, 0.25) is 0 Å². The summed E-state index contributed by atoms with van der Waals surface area (Å²) in [7, 11) is 0. The molecule has 0 unspecified atom stereocenters. The molecule has 1 aromatic carbocycles. The fourth-order valence-corrected chi connectivity index (χ4v) is 2.73. The first-order chi connectivity index (χ1) is 11.5. The van der Waals surface area contributed by atoms with Crippen LogP contribution in [0.15, 0.2) is 24.3 Å². The lowest BCUT2D eigenvalue weighted by Crippen LogP contribution is -2.40. The van der Waals surface area contributed by atoms with Gasteiger partial charge < -0.3 is 5.32 Å². The van der Waals surface area contributed by atoms with Gasteiger partial charge in [-0.3, -0.25) is 14.9 Å². The maximum atomic E-state index is 12.3. The Hall–Kier alpha value is -2.28. The van der Waals surface area contributed by atoms with Crippen molar-refractivity contribution in [3.05, 3.63) is 40.4 Å². The van der Waals surface area contributed by atoms with Gasteiger partial charge in [0.15, 0.2) is 0 Å². The highest BCUT2D eigenvalue weighted by molar-refractivity contribution is 7.15. The number of rotatable bonds is 3. The molecule has 0 bridgehead atoms. The molecule has 1 aromatic heterocycles. The Kier molecular flexibility index (Phi) is 5.27. The van der Waals surface area contributed by atoms with E-state index in [-0.39, 0.29) is 22.8 Å². The van der Waals surface area contributed by atoms with Gasteiger partial charge in [0.25, 0.3) is 11.8 Å². The van der Waals surface area contributed by atoms with Crippen molar-refractivity contribution < 1.29 is 9.59 Å². The van der Waals surface area contributed by atoms with Gasteiger partial charge in [-0.1, -0.05) is 32.1 Å². The molecule has 25 heavy (non-hydrogen) atoms. The molecular weight excluding hydrogens is 336 g/mol. The zero-order valence-corrected chi connectivity index (χ0v) is 16.2. The average Bonchev–Trinajstić information content (AvgIpc) is 2.94. The largest absolute Gasteiger partial charge is 0.347 e. The second-order valence-electron chi connectivity index (χ2n) is 7.90. The van der Waals surface area contributed by atoms with Gasteiger partial charge in [-0.15, -0.1) is 10.2 Å². The van der Waals surface area contributed by atoms with Crippen molar-refractivity contribution in [2.24, 2.45) is 0 Å². The van der Waals surface area contributed by atoms with Crippen LogP contribution in [-0.2, 0) is 5.41 Å². The highest BCUT2D eigenvalue weighted by atomic mass is 32.1. The summed E-state index contributed by atoms with van der Waals surface area (Å²) in [6.45, 7) is 11.9. The van der Waals surface area contributed by atoms with E-state index >= 15 is 0 Å². The number of carbonyl (C=O) groups excluding carboxylic acids is 2. The van der Waals surface area contributed by atoms with Crippen molar-refractivity contribution in [1.82, 2.24) is 15.5 Å². The monoisotopic (exact) mass is 360 g/mol. The molecule has 2 amide bonds. The molecule has 6 nitrogen and oxygen atoms in total. The van der Waals surface area contributed by atoms with Crippen LogP contribution < -0.4 is 10.6 Å². The lowest BCUT2D eigenvalue weighted by molar-refractivity contribution is 0.0918. The maximum absolute atomic E-state index is 12.3. The highest BCUT2D eigenvalue weighted by Crippen LogP contribution is 2.27. The van der Waals surface area contributed by atoms with Crippen molar-refractivity contribution in [1.29, 1.82) is 0 Å². The summed E-state index contributed by atoms with van der Waals surface area (Å²) < 4.78 is 0. The number of nitrogens with one attached hydrogen (secondary N) is 2. The zero-order valence-electron chi connectivity index (χ0n) is 15.4. The van der Waals surface area contributed by atoms with E-state index in [9.17, 15) is 9.59 Å². The summed E-state index contributed by atoms with van der Waals surface area (Å²) in [4.78, 5) is 24.4. The Morgan fingerprint density at radius 3 is 1.84 bits per heavy atom. The van der Waals surface area contributed by atoms with E-state index < -0.39 is 0 Å². The third-order valence-corrected chi connectivity index (χ3v) is 4.45. The van der Waals surface area contributed by atoms with Gasteiger partial charge in [0.05, 0.1) is 0 Å². The van der Waals surface area contributed by atoms with Gasteiger partial charge in [0, 0.05) is 22.1 Å². The Labute approximate surface area is 152 Å². The van der Waals surface area contributed by atoms with E-state index in [4.69, 9.17) is 0 Å². The van der Waals surface area contributed by atoms with Crippen LogP contribution in [0.4, 0.5) is 5.13 Å². The summed E-state index contributed by atoms with van der Waals surface area (Å²) in [6, 6.07) is 6.52. The number of hydrogen-bond acceptors (Lipinski definition) is 5. The van der Waals surface area contributed by atoms with E-state index in [0.717, 1.165) is 5.01 Å². The minimum Gasteiger partial charge on any atom is -0.347 e. The molecule has 0 spiro atoms. The first-order valence-electron chi connectivity index (χ1n) is 8.04. The first-order valence-corrected chi connectivity index (χ1v) is 8.85. The summed E-state index contributed by atoms with van der Waals surface area (Å²) >= 11 is 1.36. The van der Waals surface area contributed by atoms with Gasteiger partial charge in [-0.05, 0) is 45.0 Å². The minimum atomic E-state index is -0.310. The lowest BCUT2D eigenvalue weighted by Gasteiger charge is -2.20. The third-order valence-electron chi connectivity index (χ3n) is 3.18. The van der Waals surface area contributed by atoms with E-state index in [2.05, 4.69) is 20.8 Å². The molecule has 2 aromatic rings. The molecule has 7 heteroatoms. The number of amides is 2. The Balaban J connectivity index is 2.05. The summed E-state index contributed by atoms with van der Waals surface area (Å²) in [5.74, 6) is -0.446. The smallest absolute Gasteiger partial charge is 0.257 e. The minimum absolute atomic E-state index is 0.108. The van der Waals surface area contributed by atoms with Crippen LogP contribution in [0.1, 0.15) is 67.3 Å². The normalized spacial score (nSPS) is 11.9. The topological polar surface area (TPSA) is 84.0 Å². The molecule has 0 fully saturated rings. The SMILES string of the molecule is CC(C)(C)NC(=O)c1ccc(C(=O)Nc2nnc(C(C)(C)C)s2)cc1.